The van der Waals surface area contributed by atoms with E-state index in [9.17, 15) is 0 Å². The molecular weight excluding hydrogens is 174 g/mol. The van der Waals surface area contributed by atoms with Crippen LogP contribution >= 0.6 is 0 Å². The molecule has 0 aromatic carbocycles. The van der Waals surface area contributed by atoms with Crippen LogP contribution in [0.3, 0.4) is 0 Å². The maximum Gasteiger partial charge on any atom is 0.0408 e. The molecule has 0 spiro atoms. The first kappa shape index (κ1) is 13.2. The summed E-state index contributed by atoms with van der Waals surface area (Å²) in [7, 11) is 3.95. The summed E-state index contributed by atoms with van der Waals surface area (Å²) in [6.07, 6.45) is 2.79. The first-order chi connectivity index (χ1) is 6.11. The third kappa shape index (κ3) is 6.27. The summed E-state index contributed by atoms with van der Waals surface area (Å²) in [5, 5.41) is 0. The Balaban J connectivity index is 3.79. The predicted molar refractivity (Wildman–Crippen MR) is 65.3 cm³/mol. The van der Waals surface area contributed by atoms with E-state index in [0.29, 0.717) is 0 Å². The molecule has 0 saturated carbocycles. The van der Waals surface area contributed by atoms with Gasteiger partial charge in [0.05, 0.1) is 0 Å². The van der Waals surface area contributed by atoms with Gasteiger partial charge in [0.1, 0.15) is 0 Å². The summed E-state index contributed by atoms with van der Waals surface area (Å²) >= 11 is 0. The summed E-state index contributed by atoms with van der Waals surface area (Å²) in [5.74, 6) is 0. The number of hydrogen-bond donors (Lipinski definition) is 0. The average molecular weight is 201 g/mol. The molecule has 0 saturated heterocycles. The summed E-state index contributed by atoms with van der Waals surface area (Å²) in [6.45, 7) is 8.44. The first-order valence-electron chi connectivity index (χ1n) is 5.76. The van der Waals surface area contributed by atoms with E-state index in [4.69, 9.17) is 0 Å². The molecule has 1 nitrogen and oxygen atoms in total. The zero-order valence-corrected chi connectivity index (χ0v) is 11.3. The fourth-order valence-corrected chi connectivity index (χ4v) is 5.52. The van der Waals surface area contributed by atoms with Crippen LogP contribution in [-0.2, 0) is 0 Å². The van der Waals surface area contributed by atoms with E-state index in [1.54, 1.807) is 6.04 Å². The molecular formula is C11H27NSi. The minimum atomic E-state index is -0.426. The highest BCUT2D eigenvalue weighted by Gasteiger charge is 2.16. The van der Waals surface area contributed by atoms with E-state index < -0.39 is 8.80 Å². The van der Waals surface area contributed by atoms with Crippen molar-refractivity contribution < 1.29 is 0 Å². The molecule has 0 fully saturated rings. The summed E-state index contributed by atoms with van der Waals surface area (Å²) < 4.78 is 0. The summed E-state index contributed by atoms with van der Waals surface area (Å²) in [6, 6.07) is 3.05. The molecule has 13 heavy (non-hydrogen) atoms. The van der Waals surface area contributed by atoms with Gasteiger partial charge in [-0.15, -0.1) is 0 Å². The highest BCUT2D eigenvalue weighted by atomic mass is 28.3. The SMILES string of the molecule is CCC[SiH](CCN(C)C)C(C)CC. The second-order valence-electron chi connectivity index (χ2n) is 4.53. The number of nitrogens with zero attached hydrogens (tertiary/aromatic N) is 1. The van der Waals surface area contributed by atoms with Crippen LogP contribution in [0.5, 0.6) is 0 Å². The van der Waals surface area contributed by atoms with Crippen LogP contribution in [0.2, 0.25) is 17.6 Å². The highest BCUT2D eigenvalue weighted by molar-refractivity contribution is 6.60. The maximum absolute atomic E-state index is 2.46. The monoisotopic (exact) mass is 201 g/mol. The Bertz CT molecular complexity index is 115. The molecule has 2 atom stereocenters. The molecule has 0 heterocycles. The quantitative estimate of drug-likeness (QED) is 0.572. The van der Waals surface area contributed by atoms with Gasteiger partial charge in [0.25, 0.3) is 0 Å². The van der Waals surface area contributed by atoms with Crippen molar-refractivity contribution in [2.75, 3.05) is 20.6 Å². The zero-order chi connectivity index (χ0) is 10.3. The number of rotatable bonds is 7. The molecule has 0 radical (unpaired) electrons. The molecule has 0 aromatic rings. The van der Waals surface area contributed by atoms with Crippen molar-refractivity contribution in [2.24, 2.45) is 0 Å². The largest absolute Gasteiger partial charge is 0.310 e. The zero-order valence-electron chi connectivity index (χ0n) is 10.1. The Morgan fingerprint density at radius 3 is 2.15 bits per heavy atom. The third-order valence-corrected chi connectivity index (χ3v) is 7.45. The van der Waals surface area contributed by atoms with Crippen LogP contribution in [0.1, 0.15) is 33.6 Å². The lowest BCUT2D eigenvalue weighted by Gasteiger charge is -2.22. The van der Waals surface area contributed by atoms with Gasteiger partial charge in [-0.05, 0) is 26.7 Å². The van der Waals surface area contributed by atoms with Crippen LogP contribution in [0.4, 0.5) is 0 Å². The molecule has 2 unspecified atom stereocenters. The second-order valence-corrected chi connectivity index (χ2v) is 8.34. The topological polar surface area (TPSA) is 3.24 Å². The van der Waals surface area contributed by atoms with Crippen molar-refractivity contribution in [1.29, 1.82) is 0 Å². The fourth-order valence-electron chi connectivity index (χ4n) is 1.84. The van der Waals surface area contributed by atoms with E-state index in [0.717, 1.165) is 5.54 Å². The molecule has 0 amide bonds. The minimum Gasteiger partial charge on any atom is -0.310 e. The normalized spacial score (nSPS) is 16.2. The molecule has 0 bridgehead atoms. The lowest BCUT2D eigenvalue weighted by atomic mass is 10.4. The van der Waals surface area contributed by atoms with Crippen molar-refractivity contribution in [3.8, 4) is 0 Å². The molecule has 80 valence electrons. The van der Waals surface area contributed by atoms with Crippen LogP contribution < -0.4 is 0 Å². The molecule has 0 aliphatic rings. The molecule has 0 N–H and O–H groups in total. The fraction of sp³-hybridized carbons (Fsp3) is 1.00. The Morgan fingerprint density at radius 2 is 1.77 bits per heavy atom. The molecule has 0 aliphatic heterocycles. The Labute approximate surface area is 86.1 Å². The van der Waals surface area contributed by atoms with Crippen LogP contribution in [0, 0.1) is 0 Å². The standard InChI is InChI=1S/C11H27NSi/c1-6-9-13(11(3)7-2)10-8-12(4)5/h11,13H,6-10H2,1-5H3. The van der Waals surface area contributed by atoms with Crippen LogP contribution in [0.25, 0.3) is 0 Å². The molecule has 0 rings (SSSR count). The lowest BCUT2D eigenvalue weighted by Crippen LogP contribution is -2.24. The van der Waals surface area contributed by atoms with Gasteiger partial charge in [0.2, 0.25) is 0 Å². The van der Waals surface area contributed by atoms with E-state index in [1.165, 1.54) is 25.4 Å². The minimum absolute atomic E-state index is 0.426. The van der Waals surface area contributed by atoms with Crippen molar-refractivity contribution >= 4 is 8.80 Å². The van der Waals surface area contributed by atoms with Crippen molar-refractivity contribution in [3.63, 3.8) is 0 Å². The van der Waals surface area contributed by atoms with Crippen LogP contribution in [0.15, 0.2) is 0 Å². The second kappa shape index (κ2) is 7.57. The average Bonchev–Trinajstić information content (AvgIpc) is 2.10. The predicted octanol–water partition coefficient (Wildman–Crippen LogP) is 2.99. The Morgan fingerprint density at radius 1 is 1.15 bits per heavy atom. The molecule has 0 aromatic heterocycles. The number of hydrogen-bond acceptors (Lipinski definition) is 1. The van der Waals surface area contributed by atoms with Gasteiger partial charge in [-0.25, -0.2) is 0 Å². The van der Waals surface area contributed by atoms with Gasteiger partial charge in [-0.2, -0.15) is 0 Å². The lowest BCUT2D eigenvalue weighted by molar-refractivity contribution is 0.431. The highest BCUT2D eigenvalue weighted by Crippen LogP contribution is 2.21. The Hall–Kier alpha value is 0.177. The van der Waals surface area contributed by atoms with Crippen molar-refractivity contribution in [2.45, 2.75) is 51.2 Å². The smallest absolute Gasteiger partial charge is 0.0408 e. The van der Waals surface area contributed by atoms with Gasteiger partial charge < -0.3 is 4.90 Å². The van der Waals surface area contributed by atoms with Crippen molar-refractivity contribution in [1.82, 2.24) is 4.90 Å². The van der Waals surface area contributed by atoms with E-state index in [1.807, 2.05) is 0 Å². The van der Waals surface area contributed by atoms with Gasteiger partial charge in [0, 0.05) is 8.80 Å². The summed E-state index contributed by atoms with van der Waals surface area (Å²) in [5.41, 5.74) is 1.04. The Kier molecular flexibility index (Phi) is 7.67. The third-order valence-electron chi connectivity index (χ3n) is 3.06. The maximum atomic E-state index is 2.46. The van der Waals surface area contributed by atoms with Crippen LogP contribution in [-0.4, -0.2) is 34.3 Å². The van der Waals surface area contributed by atoms with Gasteiger partial charge in [-0.3, -0.25) is 0 Å². The van der Waals surface area contributed by atoms with Gasteiger partial charge in [-0.1, -0.05) is 45.2 Å². The van der Waals surface area contributed by atoms with Gasteiger partial charge in [0.15, 0.2) is 0 Å². The summed E-state index contributed by atoms with van der Waals surface area (Å²) in [4.78, 5) is 2.33. The van der Waals surface area contributed by atoms with E-state index >= 15 is 0 Å². The van der Waals surface area contributed by atoms with Gasteiger partial charge >= 0.3 is 0 Å². The van der Waals surface area contributed by atoms with E-state index in [-0.39, 0.29) is 0 Å². The first-order valence-corrected chi connectivity index (χ1v) is 8.06. The van der Waals surface area contributed by atoms with E-state index in [2.05, 4.69) is 39.8 Å². The molecule has 0 aliphatic carbocycles. The molecule has 2 heteroatoms. The van der Waals surface area contributed by atoms with Crippen molar-refractivity contribution in [3.05, 3.63) is 0 Å².